The maximum atomic E-state index is 14.1. The zero-order valence-corrected chi connectivity index (χ0v) is 27.9. The summed E-state index contributed by atoms with van der Waals surface area (Å²) in [7, 11) is -6.36. The maximum Gasteiger partial charge on any atom is 0.405 e. The molecule has 1 aliphatic rings. The smallest absolute Gasteiger partial charge is 0.405 e. The first-order chi connectivity index (χ1) is 20.7. The molecule has 45 heavy (non-hydrogen) atoms. The first-order valence-electron chi connectivity index (χ1n) is 14.3. The number of carbonyl (C=O) groups excluding carboxylic acids is 1. The van der Waals surface area contributed by atoms with Crippen molar-refractivity contribution in [1.82, 2.24) is 0 Å². The van der Waals surface area contributed by atoms with Crippen LogP contribution in [0.5, 0.6) is 11.5 Å². The number of alkyl halides is 2. The van der Waals surface area contributed by atoms with Crippen LogP contribution >= 0.6 is 0 Å². The Morgan fingerprint density at radius 3 is 1.73 bits per heavy atom. The zero-order chi connectivity index (χ0) is 33.4. The van der Waals surface area contributed by atoms with Crippen molar-refractivity contribution >= 4 is 27.0 Å². The molecule has 0 amide bonds. The molecule has 0 spiro atoms. The van der Waals surface area contributed by atoms with Crippen LogP contribution in [0.3, 0.4) is 0 Å². The lowest BCUT2D eigenvalue weighted by Crippen LogP contribution is -2.47. The molecule has 0 saturated carbocycles. The Morgan fingerprint density at radius 2 is 1.31 bits per heavy atom. The van der Waals surface area contributed by atoms with Gasteiger partial charge in [-0.15, -0.1) is 0 Å². The lowest BCUT2D eigenvalue weighted by atomic mass is 9.94. The number of halogens is 2. The Balaban J connectivity index is 1.66. The van der Waals surface area contributed by atoms with Gasteiger partial charge in [0.25, 0.3) is 0 Å². The van der Waals surface area contributed by atoms with E-state index in [4.69, 9.17) is 23.5 Å². The highest BCUT2D eigenvalue weighted by Crippen LogP contribution is 2.38. The molecule has 3 aromatic carbocycles. The van der Waals surface area contributed by atoms with Crippen LogP contribution < -0.4 is 9.47 Å². The molecule has 3 atom stereocenters. The van der Waals surface area contributed by atoms with Gasteiger partial charge in [-0.3, -0.25) is 9.35 Å². The number of hydrogen-bond acceptors (Lipinski definition) is 7. The second-order valence-corrected chi connectivity index (χ2v) is 16.3. The van der Waals surface area contributed by atoms with Gasteiger partial charge in [0.2, 0.25) is 0 Å². The van der Waals surface area contributed by atoms with E-state index >= 15 is 0 Å². The van der Waals surface area contributed by atoms with Gasteiger partial charge in [-0.1, -0.05) is 12.1 Å². The van der Waals surface area contributed by atoms with Crippen LogP contribution in [0.1, 0.15) is 54.0 Å². The zero-order valence-electron chi connectivity index (χ0n) is 26.3. The molecule has 1 saturated heterocycles. The first-order valence-corrected chi connectivity index (χ1v) is 17.0. The molecule has 0 radical (unpaired) electrons. The van der Waals surface area contributed by atoms with Crippen LogP contribution in [0, 0.1) is 5.41 Å². The van der Waals surface area contributed by atoms with Crippen LogP contribution in [0.15, 0.2) is 87.5 Å². The number of ether oxygens (including phenoxy) is 4. The molecule has 0 aromatic heterocycles. The Labute approximate surface area is 266 Å². The van der Waals surface area contributed by atoms with Crippen LogP contribution in [0.2, 0.25) is 0 Å². The molecule has 8 nitrogen and oxygen atoms in total. The summed E-state index contributed by atoms with van der Waals surface area (Å²) in [6.07, 6.45) is -2.13. The minimum atomic E-state index is -5.66. The van der Waals surface area contributed by atoms with Crippen molar-refractivity contribution in [1.29, 1.82) is 0 Å². The molecule has 0 bridgehead atoms. The predicted molar refractivity (Wildman–Crippen MR) is 166 cm³/mol. The van der Waals surface area contributed by atoms with Crippen molar-refractivity contribution in [3.05, 3.63) is 78.4 Å². The van der Waals surface area contributed by atoms with Crippen LogP contribution in [0.4, 0.5) is 8.78 Å². The summed E-state index contributed by atoms with van der Waals surface area (Å²) in [5.41, 5.74) is -0.705. The van der Waals surface area contributed by atoms with Crippen molar-refractivity contribution < 1.29 is 45.5 Å². The highest BCUT2D eigenvalue weighted by Gasteiger charge is 2.51. The van der Waals surface area contributed by atoms with E-state index in [0.717, 1.165) is 27.2 Å². The van der Waals surface area contributed by atoms with Gasteiger partial charge in [0.1, 0.15) is 17.1 Å². The fourth-order valence-electron chi connectivity index (χ4n) is 4.31. The molecule has 1 aliphatic heterocycles. The molecule has 1 N–H and O–H groups in total. The van der Waals surface area contributed by atoms with Crippen molar-refractivity contribution in [2.24, 2.45) is 5.41 Å². The van der Waals surface area contributed by atoms with Gasteiger partial charge in [0, 0.05) is 0 Å². The van der Waals surface area contributed by atoms with Crippen LogP contribution in [-0.2, 0) is 40.9 Å². The molecular formula is C33H39F2O8S2+. The topological polar surface area (TPSA) is 108 Å². The van der Waals surface area contributed by atoms with E-state index < -0.39 is 43.4 Å². The summed E-state index contributed by atoms with van der Waals surface area (Å²) >= 11 is 0. The van der Waals surface area contributed by atoms with E-state index in [-0.39, 0.29) is 17.3 Å². The van der Waals surface area contributed by atoms with Crippen molar-refractivity contribution in [3.63, 3.8) is 0 Å². The summed E-state index contributed by atoms with van der Waals surface area (Å²) in [5, 5.41) is -4.49. The molecule has 3 unspecified atom stereocenters. The van der Waals surface area contributed by atoms with Crippen LogP contribution in [-0.4, -0.2) is 49.1 Å². The summed E-state index contributed by atoms with van der Waals surface area (Å²) in [4.78, 5) is 15.0. The van der Waals surface area contributed by atoms with Gasteiger partial charge in [-0.2, -0.15) is 17.2 Å². The second kappa shape index (κ2) is 12.6. The predicted octanol–water partition coefficient (Wildman–Crippen LogP) is 7.02. The highest BCUT2D eigenvalue weighted by atomic mass is 32.2. The maximum absolute atomic E-state index is 14.1. The Morgan fingerprint density at radius 1 is 0.844 bits per heavy atom. The van der Waals surface area contributed by atoms with Crippen LogP contribution in [0.25, 0.3) is 0 Å². The van der Waals surface area contributed by atoms with E-state index in [1.807, 2.05) is 57.2 Å². The molecule has 0 aliphatic carbocycles. The number of benzene rings is 3. The van der Waals surface area contributed by atoms with Gasteiger partial charge in [-0.25, -0.2) is 0 Å². The molecule has 244 valence electrons. The van der Waals surface area contributed by atoms with Crippen molar-refractivity contribution in [2.75, 3.05) is 13.2 Å². The summed E-state index contributed by atoms with van der Waals surface area (Å²) < 4.78 is 82.2. The van der Waals surface area contributed by atoms with Gasteiger partial charge >= 0.3 is 21.3 Å². The molecule has 1 heterocycles. The van der Waals surface area contributed by atoms with E-state index in [9.17, 15) is 22.0 Å². The van der Waals surface area contributed by atoms with E-state index in [1.54, 1.807) is 45.0 Å². The second-order valence-electron chi connectivity index (χ2n) is 12.8. The van der Waals surface area contributed by atoms with E-state index in [0.29, 0.717) is 19.0 Å². The fourth-order valence-corrected chi connectivity index (χ4v) is 6.82. The average Bonchev–Trinajstić information content (AvgIpc) is 2.96. The lowest BCUT2D eigenvalue weighted by Gasteiger charge is -2.41. The lowest BCUT2D eigenvalue weighted by molar-refractivity contribution is -0.221. The molecule has 3 aromatic rings. The summed E-state index contributed by atoms with van der Waals surface area (Å²) in [5.74, 6) is 0.0450. The standard InChI is InChI=1S/C33H38F2O8S2/c1-22(33(34,35)45(37,38)39)42-24-10-16-27(17-11-24)44(28-18-12-25(13-19-28)43-29(36)30(2,3)4)26-14-8-23(9-15-26)32(7)21-40-31(5,6)20-41-32/h8-19,22H,20-21H2,1-7H3/p+1. The fraction of sp³-hybridized carbons (Fsp3) is 0.424. The monoisotopic (exact) mass is 665 g/mol. The van der Waals surface area contributed by atoms with E-state index in [1.165, 1.54) is 12.1 Å². The summed E-state index contributed by atoms with van der Waals surface area (Å²) in [6, 6.07) is 21.5. The van der Waals surface area contributed by atoms with E-state index in [2.05, 4.69) is 0 Å². The summed E-state index contributed by atoms with van der Waals surface area (Å²) in [6.45, 7) is 13.0. The Bertz CT molecular complexity index is 1590. The van der Waals surface area contributed by atoms with Gasteiger partial charge in [0.15, 0.2) is 20.8 Å². The van der Waals surface area contributed by atoms with Crippen molar-refractivity contribution in [2.45, 2.75) is 85.7 Å². The number of carbonyl (C=O) groups is 1. The highest BCUT2D eigenvalue weighted by molar-refractivity contribution is 7.97. The minimum Gasteiger partial charge on any atom is -0.483 e. The third-order valence-corrected chi connectivity index (χ3v) is 10.5. The SMILES string of the molecule is CC(Oc1ccc([S+](c2ccc(OC(=O)C(C)(C)C)cc2)c2ccc(C3(C)COC(C)(C)CO3)cc2)cc1)C(F)(F)S(=O)(=O)O. The van der Waals surface area contributed by atoms with Crippen molar-refractivity contribution in [3.8, 4) is 11.5 Å². The number of rotatable bonds is 9. The normalized spacial score (nSPS) is 20.2. The first kappa shape index (κ1) is 34.8. The number of esters is 1. The minimum absolute atomic E-state index is 0.00297. The largest absolute Gasteiger partial charge is 0.483 e. The third-order valence-electron chi connectivity index (χ3n) is 7.25. The molecule has 4 rings (SSSR count). The molecule has 12 heteroatoms. The number of hydrogen-bond donors (Lipinski definition) is 1. The van der Waals surface area contributed by atoms with Gasteiger partial charge in [-0.05, 0) is 115 Å². The molecule has 1 fully saturated rings. The average molecular weight is 666 g/mol. The Kier molecular flexibility index (Phi) is 9.78. The Hall–Kier alpha value is -3.03. The molecular weight excluding hydrogens is 626 g/mol. The van der Waals surface area contributed by atoms with Gasteiger partial charge in [0.05, 0.1) is 35.1 Å². The van der Waals surface area contributed by atoms with Gasteiger partial charge < -0.3 is 18.9 Å². The third kappa shape index (κ3) is 8.04. The quantitative estimate of drug-likeness (QED) is 0.112.